The molecule has 0 spiro atoms. The Balaban J connectivity index is 2.05. The Morgan fingerprint density at radius 3 is 2.69 bits per heavy atom. The van der Waals surface area contributed by atoms with E-state index in [-0.39, 0.29) is 11.4 Å². The van der Waals surface area contributed by atoms with Crippen LogP contribution in [-0.2, 0) is 0 Å². The number of aromatic nitrogens is 1. The highest BCUT2D eigenvalue weighted by Crippen LogP contribution is 2.29. The Morgan fingerprint density at radius 2 is 2.12 bits per heavy atom. The van der Waals surface area contributed by atoms with Crippen molar-refractivity contribution in [2.24, 2.45) is 0 Å². The smallest absolute Gasteiger partial charge is 0.253 e. The molecule has 1 saturated carbocycles. The average molecular weight is 219 g/mol. The summed E-state index contributed by atoms with van der Waals surface area (Å²) in [5.74, 6) is 0.375. The first-order valence-corrected chi connectivity index (χ1v) is 5.63. The summed E-state index contributed by atoms with van der Waals surface area (Å²) in [5.41, 5.74) is 6.00. The Bertz CT molecular complexity index is 380. The molecule has 0 saturated heterocycles. The molecular weight excluding hydrogens is 202 g/mol. The van der Waals surface area contributed by atoms with Gasteiger partial charge in [-0.2, -0.15) is 0 Å². The Hall–Kier alpha value is -1.58. The second-order valence-electron chi connectivity index (χ2n) is 4.69. The zero-order valence-electron chi connectivity index (χ0n) is 9.49. The number of rotatable bonds is 2. The van der Waals surface area contributed by atoms with E-state index in [0.29, 0.717) is 11.4 Å². The number of nitrogens with one attached hydrogen (secondary N) is 1. The van der Waals surface area contributed by atoms with Crippen LogP contribution in [0, 0.1) is 0 Å². The summed E-state index contributed by atoms with van der Waals surface area (Å²) in [4.78, 5) is 15.8. The minimum atomic E-state index is -0.0584. The van der Waals surface area contributed by atoms with Gasteiger partial charge in [-0.1, -0.05) is 12.8 Å². The van der Waals surface area contributed by atoms with Gasteiger partial charge >= 0.3 is 0 Å². The molecule has 0 aliphatic heterocycles. The third-order valence-electron chi connectivity index (χ3n) is 3.17. The second-order valence-corrected chi connectivity index (χ2v) is 4.69. The van der Waals surface area contributed by atoms with Gasteiger partial charge in [0.05, 0.1) is 5.56 Å². The lowest BCUT2D eigenvalue weighted by Gasteiger charge is -2.25. The van der Waals surface area contributed by atoms with Gasteiger partial charge in [-0.3, -0.25) is 4.79 Å². The van der Waals surface area contributed by atoms with Crippen LogP contribution in [-0.4, -0.2) is 16.4 Å². The maximum atomic E-state index is 11.9. The topological polar surface area (TPSA) is 68.0 Å². The zero-order chi connectivity index (χ0) is 11.6. The van der Waals surface area contributed by atoms with Crippen LogP contribution < -0.4 is 11.1 Å². The van der Waals surface area contributed by atoms with E-state index >= 15 is 0 Å². The van der Waals surface area contributed by atoms with E-state index in [9.17, 15) is 4.79 Å². The average Bonchev–Trinajstić information content (AvgIpc) is 2.65. The molecule has 16 heavy (non-hydrogen) atoms. The number of amides is 1. The normalized spacial score (nSPS) is 18.3. The van der Waals surface area contributed by atoms with Crippen LogP contribution in [0.15, 0.2) is 18.3 Å². The highest BCUT2D eigenvalue weighted by Gasteiger charge is 2.30. The van der Waals surface area contributed by atoms with Gasteiger partial charge in [0.15, 0.2) is 0 Å². The molecule has 0 aromatic carbocycles. The number of nitrogens with zero attached hydrogens (tertiary/aromatic N) is 1. The van der Waals surface area contributed by atoms with Gasteiger partial charge in [-0.25, -0.2) is 4.98 Å². The molecule has 1 amide bonds. The Kier molecular flexibility index (Phi) is 2.81. The monoisotopic (exact) mass is 219 g/mol. The third kappa shape index (κ3) is 2.32. The Labute approximate surface area is 95.3 Å². The van der Waals surface area contributed by atoms with E-state index in [0.717, 1.165) is 12.8 Å². The Morgan fingerprint density at radius 1 is 1.44 bits per heavy atom. The summed E-state index contributed by atoms with van der Waals surface area (Å²) in [7, 11) is 0. The van der Waals surface area contributed by atoms with Crippen molar-refractivity contribution >= 4 is 11.7 Å². The SMILES string of the molecule is CC1(NC(=O)c2ccc(N)nc2)CCCC1. The number of nitrogens with two attached hydrogens (primary N) is 1. The van der Waals surface area contributed by atoms with Gasteiger partial charge < -0.3 is 11.1 Å². The minimum absolute atomic E-state index is 0.0432. The molecule has 4 heteroatoms. The van der Waals surface area contributed by atoms with Crippen LogP contribution in [0.5, 0.6) is 0 Å². The third-order valence-corrected chi connectivity index (χ3v) is 3.17. The summed E-state index contributed by atoms with van der Waals surface area (Å²) in [6, 6.07) is 3.35. The van der Waals surface area contributed by atoms with Crippen molar-refractivity contribution in [2.45, 2.75) is 38.1 Å². The largest absolute Gasteiger partial charge is 0.384 e. The zero-order valence-corrected chi connectivity index (χ0v) is 9.49. The molecule has 1 heterocycles. The number of carbonyl (C=O) groups is 1. The van der Waals surface area contributed by atoms with Crippen molar-refractivity contribution < 1.29 is 4.79 Å². The van der Waals surface area contributed by atoms with Crippen LogP contribution in [0.4, 0.5) is 5.82 Å². The van der Waals surface area contributed by atoms with Gasteiger partial charge in [0.2, 0.25) is 0 Å². The van der Waals surface area contributed by atoms with Crippen LogP contribution >= 0.6 is 0 Å². The van der Waals surface area contributed by atoms with Crippen molar-refractivity contribution in [3.8, 4) is 0 Å². The van der Waals surface area contributed by atoms with Crippen LogP contribution in [0.3, 0.4) is 0 Å². The molecule has 1 aliphatic carbocycles. The molecule has 0 bridgehead atoms. The molecule has 0 radical (unpaired) electrons. The number of hydrogen-bond donors (Lipinski definition) is 2. The molecule has 86 valence electrons. The van der Waals surface area contributed by atoms with E-state index in [1.54, 1.807) is 12.1 Å². The van der Waals surface area contributed by atoms with Gasteiger partial charge in [-0.05, 0) is 31.9 Å². The first-order valence-electron chi connectivity index (χ1n) is 5.63. The first kappa shape index (κ1) is 10.9. The number of hydrogen-bond acceptors (Lipinski definition) is 3. The molecule has 1 fully saturated rings. The molecular formula is C12H17N3O. The van der Waals surface area contributed by atoms with Crippen LogP contribution in [0.2, 0.25) is 0 Å². The summed E-state index contributed by atoms with van der Waals surface area (Å²) in [6.45, 7) is 2.10. The number of carbonyl (C=O) groups excluding carboxylic acids is 1. The lowest BCUT2D eigenvalue weighted by molar-refractivity contribution is 0.0908. The van der Waals surface area contributed by atoms with Crippen molar-refractivity contribution in [2.75, 3.05) is 5.73 Å². The van der Waals surface area contributed by atoms with E-state index in [2.05, 4.69) is 17.2 Å². The first-order chi connectivity index (χ1) is 7.59. The quantitative estimate of drug-likeness (QED) is 0.796. The maximum absolute atomic E-state index is 11.9. The van der Waals surface area contributed by atoms with E-state index in [1.807, 2.05) is 0 Å². The molecule has 1 aromatic rings. The summed E-state index contributed by atoms with van der Waals surface area (Å²) in [5, 5.41) is 3.07. The summed E-state index contributed by atoms with van der Waals surface area (Å²) in [6.07, 6.45) is 6.01. The minimum Gasteiger partial charge on any atom is -0.384 e. The van der Waals surface area contributed by atoms with Crippen molar-refractivity contribution in [1.82, 2.24) is 10.3 Å². The second kappa shape index (κ2) is 4.12. The van der Waals surface area contributed by atoms with Gasteiger partial charge in [-0.15, -0.1) is 0 Å². The van der Waals surface area contributed by atoms with E-state index < -0.39 is 0 Å². The summed E-state index contributed by atoms with van der Waals surface area (Å²) < 4.78 is 0. The number of anilines is 1. The highest BCUT2D eigenvalue weighted by atomic mass is 16.1. The van der Waals surface area contributed by atoms with Crippen LogP contribution in [0.1, 0.15) is 43.0 Å². The van der Waals surface area contributed by atoms with Crippen LogP contribution in [0.25, 0.3) is 0 Å². The molecule has 2 rings (SSSR count). The van der Waals surface area contributed by atoms with E-state index in [4.69, 9.17) is 5.73 Å². The van der Waals surface area contributed by atoms with Crippen molar-refractivity contribution in [3.05, 3.63) is 23.9 Å². The van der Waals surface area contributed by atoms with E-state index in [1.165, 1.54) is 19.0 Å². The fraction of sp³-hybridized carbons (Fsp3) is 0.500. The van der Waals surface area contributed by atoms with Gasteiger partial charge in [0.25, 0.3) is 5.91 Å². The molecule has 3 N–H and O–H groups in total. The van der Waals surface area contributed by atoms with Gasteiger partial charge in [0, 0.05) is 11.7 Å². The van der Waals surface area contributed by atoms with Crippen molar-refractivity contribution in [1.29, 1.82) is 0 Å². The summed E-state index contributed by atoms with van der Waals surface area (Å²) >= 11 is 0. The molecule has 1 aliphatic rings. The predicted octanol–water partition coefficient (Wildman–Crippen LogP) is 1.73. The lowest BCUT2D eigenvalue weighted by atomic mass is 10.0. The standard InChI is InChI=1S/C12H17N3O/c1-12(6-2-3-7-12)15-11(16)9-4-5-10(13)14-8-9/h4-5,8H,2-3,6-7H2,1H3,(H2,13,14)(H,15,16). The maximum Gasteiger partial charge on any atom is 0.253 e. The van der Waals surface area contributed by atoms with Gasteiger partial charge in [0.1, 0.15) is 5.82 Å². The number of nitrogen functional groups attached to an aromatic ring is 1. The predicted molar refractivity (Wildman–Crippen MR) is 63.0 cm³/mol. The molecule has 1 aromatic heterocycles. The molecule has 4 nitrogen and oxygen atoms in total. The highest BCUT2D eigenvalue weighted by molar-refractivity contribution is 5.94. The lowest BCUT2D eigenvalue weighted by Crippen LogP contribution is -2.43. The number of pyridine rings is 1. The molecule has 0 atom stereocenters. The van der Waals surface area contributed by atoms with Crippen molar-refractivity contribution in [3.63, 3.8) is 0 Å². The fourth-order valence-corrected chi connectivity index (χ4v) is 2.17. The fourth-order valence-electron chi connectivity index (χ4n) is 2.17. The molecule has 0 unspecified atom stereocenters.